The third-order valence-corrected chi connectivity index (χ3v) is 6.92. The minimum atomic E-state index is -0.291. The summed E-state index contributed by atoms with van der Waals surface area (Å²) >= 11 is 0. The molecular formula is C24H28F2. The SMILES string of the molecule is CCC1CCC2CC(c3ccc(-c4ccc(F)cc4)c(F)c3)CCC2C1. The fourth-order valence-electron chi connectivity index (χ4n) is 5.31. The third-order valence-electron chi connectivity index (χ3n) is 6.92. The van der Waals surface area contributed by atoms with Crippen LogP contribution < -0.4 is 0 Å². The van der Waals surface area contributed by atoms with Crippen LogP contribution in [0.4, 0.5) is 8.78 Å². The van der Waals surface area contributed by atoms with E-state index in [1.165, 1.54) is 57.1 Å². The average Bonchev–Trinajstić information content (AvgIpc) is 2.68. The molecule has 2 aliphatic rings. The standard InChI is InChI=1S/C24H28F2/c1-2-16-3-4-19-14-20(6-5-18(19)13-16)21-9-12-23(24(26)15-21)17-7-10-22(25)11-8-17/h7-12,15-16,18-20H,2-6,13-14H2,1H3. The second-order valence-corrected chi connectivity index (χ2v) is 8.36. The molecule has 4 unspecified atom stereocenters. The summed E-state index contributed by atoms with van der Waals surface area (Å²) in [7, 11) is 0. The van der Waals surface area contributed by atoms with E-state index in [2.05, 4.69) is 13.0 Å². The lowest BCUT2D eigenvalue weighted by Crippen LogP contribution is -2.30. The van der Waals surface area contributed by atoms with Crippen LogP contribution in [0.2, 0.25) is 0 Å². The van der Waals surface area contributed by atoms with Gasteiger partial charge in [0.2, 0.25) is 0 Å². The Bertz CT molecular complexity index is 749. The van der Waals surface area contributed by atoms with Gasteiger partial charge >= 0.3 is 0 Å². The summed E-state index contributed by atoms with van der Waals surface area (Å²) in [4.78, 5) is 0. The normalized spacial score (nSPS) is 28.6. The zero-order chi connectivity index (χ0) is 18.1. The lowest BCUT2D eigenvalue weighted by atomic mass is 9.63. The maximum absolute atomic E-state index is 14.7. The summed E-state index contributed by atoms with van der Waals surface area (Å²) in [5, 5.41) is 0. The number of benzene rings is 2. The molecule has 0 amide bonds. The van der Waals surface area contributed by atoms with Gasteiger partial charge < -0.3 is 0 Å². The maximum atomic E-state index is 14.7. The van der Waals surface area contributed by atoms with Gasteiger partial charge in [-0.3, -0.25) is 0 Å². The first-order valence-electron chi connectivity index (χ1n) is 10.2. The van der Waals surface area contributed by atoms with Gasteiger partial charge in [0.05, 0.1) is 0 Å². The fourth-order valence-corrected chi connectivity index (χ4v) is 5.31. The van der Waals surface area contributed by atoms with Gasteiger partial charge in [-0.25, -0.2) is 8.78 Å². The molecule has 0 saturated heterocycles. The van der Waals surface area contributed by atoms with Gasteiger partial charge in [-0.2, -0.15) is 0 Å². The highest BCUT2D eigenvalue weighted by Crippen LogP contribution is 2.48. The van der Waals surface area contributed by atoms with E-state index in [0.717, 1.165) is 28.9 Å². The highest BCUT2D eigenvalue weighted by Gasteiger charge is 2.35. The summed E-state index contributed by atoms with van der Waals surface area (Å²) in [6.45, 7) is 2.32. The van der Waals surface area contributed by atoms with Gasteiger partial charge in [0, 0.05) is 5.56 Å². The van der Waals surface area contributed by atoms with Crippen molar-refractivity contribution in [1.29, 1.82) is 0 Å². The van der Waals surface area contributed by atoms with Crippen molar-refractivity contribution in [3.8, 4) is 11.1 Å². The van der Waals surface area contributed by atoms with Crippen LogP contribution in [-0.4, -0.2) is 0 Å². The molecule has 2 fully saturated rings. The molecular weight excluding hydrogens is 326 g/mol. The van der Waals surface area contributed by atoms with E-state index in [0.29, 0.717) is 11.5 Å². The fraction of sp³-hybridized carbons (Fsp3) is 0.500. The van der Waals surface area contributed by atoms with E-state index in [-0.39, 0.29) is 11.6 Å². The molecule has 0 N–H and O–H groups in total. The van der Waals surface area contributed by atoms with Crippen LogP contribution in [0.15, 0.2) is 42.5 Å². The number of hydrogen-bond acceptors (Lipinski definition) is 0. The molecule has 0 aromatic heterocycles. The Balaban J connectivity index is 1.49. The largest absolute Gasteiger partial charge is 0.207 e. The first-order valence-corrected chi connectivity index (χ1v) is 10.2. The monoisotopic (exact) mass is 354 g/mol. The second kappa shape index (κ2) is 7.50. The molecule has 2 aliphatic carbocycles. The van der Waals surface area contributed by atoms with E-state index in [9.17, 15) is 8.78 Å². The molecule has 0 heterocycles. The molecule has 4 atom stereocenters. The minimum absolute atomic E-state index is 0.189. The lowest BCUT2D eigenvalue weighted by Gasteiger charge is -2.42. The summed E-state index contributed by atoms with van der Waals surface area (Å²) in [5.41, 5.74) is 2.44. The number of halogens is 2. The Morgan fingerprint density at radius 2 is 1.58 bits per heavy atom. The summed E-state index contributed by atoms with van der Waals surface area (Å²) < 4.78 is 27.8. The van der Waals surface area contributed by atoms with Crippen molar-refractivity contribution in [3.05, 3.63) is 59.7 Å². The van der Waals surface area contributed by atoms with Gasteiger partial charge in [-0.1, -0.05) is 44.0 Å². The molecule has 0 aliphatic heterocycles. The van der Waals surface area contributed by atoms with Gasteiger partial charge in [0.1, 0.15) is 11.6 Å². The predicted octanol–water partition coefficient (Wildman–Crippen LogP) is 7.34. The Morgan fingerprint density at radius 1 is 0.846 bits per heavy atom. The molecule has 2 aromatic carbocycles. The highest BCUT2D eigenvalue weighted by molar-refractivity contribution is 5.64. The van der Waals surface area contributed by atoms with E-state index >= 15 is 0 Å². The van der Waals surface area contributed by atoms with Crippen LogP contribution in [0.3, 0.4) is 0 Å². The average molecular weight is 354 g/mol. The molecule has 0 spiro atoms. The zero-order valence-corrected chi connectivity index (χ0v) is 15.6. The van der Waals surface area contributed by atoms with Crippen molar-refractivity contribution in [2.75, 3.05) is 0 Å². The summed E-state index contributed by atoms with van der Waals surface area (Å²) in [6, 6.07) is 11.7. The number of rotatable bonds is 3. The Labute approximate surface area is 155 Å². The molecule has 0 radical (unpaired) electrons. The van der Waals surface area contributed by atoms with E-state index in [4.69, 9.17) is 0 Å². The van der Waals surface area contributed by atoms with E-state index in [1.807, 2.05) is 6.07 Å². The Hall–Kier alpha value is -1.70. The van der Waals surface area contributed by atoms with Crippen molar-refractivity contribution in [2.45, 2.75) is 57.8 Å². The molecule has 0 bridgehead atoms. The lowest BCUT2D eigenvalue weighted by molar-refractivity contribution is 0.116. The number of hydrogen-bond donors (Lipinski definition) is 0. The second-order valence-electron chi connectivity index (χ2n) is 8.36. The molecule has 2 heteroatoms. The van der Waals surface area contributed by atoms with Gasteiger partial charge in [0.15, 0.2) is 0 Å². The molecule has 2 saturated carbocycles. The maximum Gasteiger partial charge on any atom is 0.131 e. The topological polar surface area (TPSA) is 0 Å². The van der Waals surface area contributed by atoms with E-state index < -0.39 is 0 Å². The third kappa shape index (κ3) is 3.56. The molecule has 0 nitrogen and oxygen atoms in total. The predicted molar refractivity (Wildman–Crippen MR) is 103 cm³/mol. The van der Waals surface area contributed by atoms with Crippen molar-refractivity contribution in [1.82, 2.24) is 0 Å². The smallest absolute Gasteiger partial charge is 0.131 e. The van der Waals surface area contributed by atoms with Crippen LogP contribution in [0.25, 0.3) is 11.1 Å². The quantitative estimate of drug-likeness (QED) is 0.541. The zero-order valence-electron chi connectivity index (χ0n) is 15.6. The Morgan fingerprint density at radius 3 is 2.31 bits per heavy atom. The van der Waals surface area contributed by atoms with Gasteiger partial charge in [-0.05, 0) is 85.1 Å². The van der Waals surface area contributed by atoms with Gasteiger partial charge in [-0.15, -0.1) is 0 Å². The van der Waals surface area contributed by atoms with Crippen molar-refractivity contribution in [3.63, 3.8) is 0 Å². The van der Waals surface area contributed by atoms with Crippen LogP contribution in [0, 0.1) is 29.4 Å². The molecule has 2 aromatic rings. The van der Waals surface area contributed by atoms with Crippen LogP contribution in [0.5, 0.6) is 0 Å². The van der Waals surface area contributed by atoms with Gasteiger partial charge in [0.25, 0.3) is 0 Å². The first-order chi connectivity index (χ1) is 12.6. The van der Waals surface area contributed by atoms with Crippen LogP contribution >= 0.6 is 0 Å². The van der Waals surface area contributed by atoms with Crippen molar-refractivity contribution < 1.29 is 8.78 Å². The van der Waals surface area contributed by atoms with E-state index in [1.54, 1.807) is 18.2 Å². The van der Waals surface area contributed by atoms with Crippen LogP contribution in [-0.2, 0) is 0 Å². The summed E-state index contributed by atoms with van der Waals surface area (Å²) in [5.74, 6) is 2.67. The Kier molecular flexibility index (Phi) is 5.11. The highest BCUT2D eigenvalue weighted by atomic mass is 19.1. The molecule has 138 valence electrons. The summed E-state index contributed by atoms with van der Waals surface area (Å²) in [6.07, 6.45) is 9.17. The van der Waals surface area contributed by atoms with Crippen LogP contribution in [0.1, 0.15) is 63.4 Å². The number of fused-ring (bicyclic) bond motifs is 1. The minimum Gasteiger partial charge on any atom is -0.207 e. The van der Waals surface area contributed by atoms with Crippen molar-refractivity contribution >= 4 is 0 Å². The van der Waals surface area contributed by atoms with Crippen molar-refractivity contribution in [2.24, 2.45) is 17.8 Å². The molecule has 4 rings (SSSR count). The molecule has 26 heavy (non-hydrogen) atoms. The first kappa shape index (κ1) is 17.7.